The van der Waals surface area contributed by atoms with Crippen molar-refractivity contribution in [2.75, 3.05) is 36.1 Å². The van der Waals surface area contributed by atoms with Crippen molar-refractivity contribution in [3.63, 3.8) is 0 Å². The lowest BCUT2D eigenvalue weighted by molar-refractivity contribution is 0.669. The van der Waals surface area contributed by atoms with Gasteiger partial charge in [0.25, 0.3) is 0 Å². The van der Waals surface area contributed by atoms with Gasteiger partial charge < -0.3 is 11.5 Å². The second-order valence-corrected chi connectivity index (χ2v) is 8.02. The molecular formula is C18H32N2S2. The lowest BCUT2D eigenvalue weighted by Gasteiger charge is -2.16. The van der Waals surface area contributed by atoms with Crippen LogP contribution >= 0.6 is 23.5 Å². The molecule has 4 heteroatoms. The van der Waals surface area contributed by atoms with Crippen molar-refractivity contribution in [3.05, 3.63) is 35.4 Å². The molecule has 2 nitrogen and oxygen atoms in total. The minimum absolute atomic E-state index is 0.717. The minimum atomic E-state index is 0.717. The van der Waals surface area contributed by atoms with E-state index in [9.17, 15) is 0 Å². The molecule has 0 bridgehead atoms. The van der Waals surface area contributed by atoms with Crippen LogP contribution in [-0.2, 0) is 12.8 Å². The largest absolute Gasteiger partial charge is 0.330 e. The Labute approximate surface area is 145 Å². The van der Waals surface area contributed by atoms with E-state index in [4.69, 9.17) is 11.5 Å². The Balaban J connectivity index is 2.47. The molecule has 0 saturated heterocycles. The lowest BCUT2D eigenvalue weighted by atomic mass is 10.00. The van der Waals surface area contributed by atoms with Gasteiger partial charge in [-0.05, 0) is 47.8 Å². The highest BCUT2D eigenvalue weighted by atomic mass is 32.2. The topological polar surface area (TPSA) is 52.0 Å². The van der Waals surface area contributed by atoms with E-state index in [1.54, 1.807) is 0 Å². The summed E-state index contributed by atoms with van der Waals surface area (Å²) < 4.78 is 0. The first-order valence-electron chi connectivity index (χ1n) is 8.43. The summed E-state index contributed by atoms with van der Waals surface area (Å²) in [6, 6.07) is 9.25. The van der Waals surface area contributed by atoms with Crippen LogP contribution in [0.4, 0.5) is 0 Å². The Bertz CT molecular complexity index is 358. The molecule has 0 aliphatic heterocycles. The highest BCUT2D eigenvalue weighted by Crippen LogP contribution is 2.20. The van der Waals surface area contributed by atoms with Crippen molar-refractivity contribution in [1.29, 1.82) is 0 Å². The fraction of sp³-hybridized carbons (Fsp3) is 0.667. The molecule has 0 heterocycles. The number of nitrogens with two attached hydrogens (primary N) is 2. The van der Waals surface area contributed by atoms with Crippen molar-refractivity contribution in [2.24, 2.45) is 17.4 Å². The van der Waals surface area contributed by atoms with Crippen molar-refractivity contribution in [1.82, 2.24) is 0 Å². The van der Waals surface area contributed by atoms with Crippen LogP contribution in [0.3, 0.4) is 0 Å². The van der Waals surface area contributed by atoms with Crippen molar-refractivity contribution in [3.8, 4) is 0 Å². The first-order chi connectivity index (χ1) is 10.8. The van der Waals surface area contributed by atoms with Crippen LogP contribution in [0.25, 0.3) is 0 Å². The summed E-state index contributed by atoms with van der Waals surface area (Å²) in [6.07, 6.45) is 4.93. The van der Waals surface area contributed by atoms with Gasteiger partial charge in [-0.1, -0.05) is 37.6 Å². The highest BCUT2D eigenvalue weighted by Gasteiger charge is 2.10. The third kappa shape index (κ3) is 9.09. The van der Waals surface area contributed by atoms with Crippen LogP contribution in [0, 0.1) is 5.92 Å². The summed E-state index contributed by atoms with van der Waals surface area (Å²) in [4.78, 5) is 0. The number of benzene rings is 1. The second-order valence-electron chi connectivity index (χ2n) is 5.72. The van der Waals surface area contributed by atoms with E-state index in [0.29, 0.717) is 0 Å². The number of thioether (sulfide) groups is 2. The number of rotatable bonds is 13. The van der Waals surface area contributed by atoms with Crippen LogP contribution < -0.4 is 11.5 Å². The fourth-order valence-corrected chi connectivity index (χ4v) is 4.34. The van der Waals surface area contributed by atoms with Crippen molar-refractivity contribution in [2.45, 2.75) is 32.6 Å². The molecular weight excluding hydrogens is 308 g/mol. The normalized spacial score (nSPS) is 11.3. The third-order valence-electron chi connectivity index (χ3n) is 3.60. The number of aryl methyl sites for hydroxylation is 1. The first kappa shape index (κ1) is 19.9. The van der Waals surface area contributed by atoms with Gasteiger partial charge in [0.1, 0.15) is 0 Å². The molecule has 0 aromatic heterocycles. The molecule has 1 rings (SSSR count). The maximum Gasteiger partial charge on any atom is 0.00559 e. The van der Waals surface area contributed by atoms with E-state index >= 15 is 0 Å². The predicted octanol–water partition coefficient (Wildman–Crippen LogP) is 3.57. The number of hydrogen-bond acceptors (Lipinski definition) is 4. The van der Waals surface area contributed by atoms with Crippen LogP contribution in [-0.4, -0.2) is 36.1 Å². The molecule has 0 unspecified atom stereocenters. The summed E-state index contributed by atoms with van der Waals surface area (Å²) in [6.45, 7) is 3.80. The van der Waals surface area contributed by atoms with Gasteiger partial charge >= 0.3 is 0 Å². The van der Waals surface area contributed by atoms with E-state index in [0.717, 1.165) is 30.5 Å². The molecule has 0 fully saturated rings. The smallest absolute Gasteiger partial charge is 0.00559 e. The molecule has 1 aromatic rings. The third-order valence-corrected chi connectivity index (χ3v) is 6.06. The Hall–Kier alpha value is -0.160. The number of unbranched alkanes of at least 4 members (excludes halogenated alkanes) is 1. The Morgan fingerprint density at radius 1 is 0.909 bits per heavy atom. The quantitative estimate of drug-likeness (QED) is 0.539. The zero-order chi connectivity index (χ0) is 16.0. The van der Waals surface area contributed by atoms with Gasteiger partial charge in [-0.2, -0.15) is 23.5 Å². The average molecular weight is 341 g/mol. The molecule has 1 aromatic carbocycles. The maximum atomic E-state index is 5.60. The van der Waals surface area contributed by atoms with Gasteiger partial charge in [0.05, 0.1) is 0 Å². The highest BCUT2D eigenvalue weighted by molar-refractivity contribution is 8.00. The summed E-state index contributed by atoms with van der Waals surface area (Å²) in [5, 5.41) is 0. The zero-order valence-corrected chi connectivity index (χ0v) is 15.6. The molecule has 22 heavy (non-hydrogen) atoms. The van der Waals surface area contributed by atoms with Gasteiger partial charge in [-0.25, -0.2) is 0 Å². The van der Waals surface area contributed by atoms with Crippen molar-refractivity contribution >= 4 is 23.5 Å². The van der Waals surface area contributed by atoms with Gasteiger partial charge in [-0.15, -0.1) is 0 Å². The van der Waals surface area contributed by atoms with Crippen LogP contribution in [0.15, 0.2) is 24.3 Å². The molecule has 4 N–H and O–H groups in total. The molecule has 0 saturated carbocycles. The van der Waals surface area contributed by atoms with Gasteiger partial charge in [0.15, 0.2) is 0 Å². The van der Waals surface area contributed by atoms with Crippen molar-refractivity contribution < 1.29 is 0 Å². The molecule has 0 atom stereocenters. The predicted molar refractivity (Wildman–Crippen MR) is 105 cm³/mol. The Morgan fingerprint density at radius 2 is 1.45 bits per heavy atom. The Morgan fingerprint density at radius 3 is 1.95 bits per heavy atom. The van der Waals surface area contributed by atoms with E-state index < -0.39 is 0 Å². The van der Waals surface area contributed by atoms with Gasteiger partial charge in [0, 0.05) is 24.6 Å². The maximum absolute atomic E-state index is 5.60. The van der Waals surface area contributed by atoms with E-state index in [-0.39, 0.29) is 0 Å². The molecule has 0 aliphatic carbocycles. The molecule has 0 aliphatic rings. The zero-order valence-electron chi connectivity index (χ0n) is 13.9. The molecule has 0 spiro atoms. The average Bonchev–Trinajstić information content (AvgIpc) is 2.54. The van der Waals surface area contributed by atoms with Gasteiger partial charge in [-0.3, -0.25) is 0 Å². The van der Waals surface area contributed by atoms with Crippen LogP contribution in [0.5, 0.6) is 0 Å². The van der Waals surface area contributed by atoms with Crippen LogP contribution in [0.2, 0.25) is 0 Å². The lowest BCUT2D eigenvalue weighted by Crippen LogP contribution is -2.14. The molecule has 0 radical (unpaired) electrons. The van der Waals surface area contributed by atoms with E-state index in [2.05, 4.69) is 31.2 Å². The Kier molecular flexibility index (Phi) is 12.0. The first-order valence-corrected chi connectivity index (χ1v) is 10.7. The van der Waals surface area contributed by atoms with E-state index in [1.165, 1.54) is 48.3 Å². The molecule has 0 amide bonds. The summed E-state index contributed by atoms with van der Waals surface area (Å²) in [5.41, 5.74) is 14.1. The SMILES string of the molecule is CCCCc1ccc(CC(CSCCN)CSCCN)cc1. The number of hydrogen-bond donors (Lipinski definition) is 2. The molecule has 126 valence electrons. The van der Waals surface area contributed by atoms with Crippen LogP contribution in [0.1, 0.15) is 30.9 Å². The standard InChI is InChI=1S/C18H32N2S2/c1-2-3-4-16-5-7-17(8-6-16)13-18(14-21-11-9-19)15-22-12-10-20/h5-8,18H,2-4,9-15,19-20H2,1H3. The summed E-state index contributed by atoms with van der Waals surface area (Å²) in [7, 11) is 0. The fourth-order valence-electron chi connectivity index (χ4n) is 2.39. The monoisotopic (exact) mass is 340 g/mol. The summed E-state index contributed by atoms with van der Waals surface area (Å²) >= 11 is 3.97. The van der Waals surface area contributed by atoms with Gasteiger partial charge in [0.2, 0.25) is 0 Å². The summed E-state index contributed by atoms with van der Waals surface area (Å²) in [5.74, 6) is 5.25. The second kappa shape index (κ2) is 13.3. The minimum Gasteiger partial charge on any atom is -0.330 e. The van der Waals surface area contributed by atoms with E-state index in [1.807, 2.05) is 23.5 Å².